The SMILES string of the molecule is CCCn1cc(C(=O)O)c(=O)n(CC)c1=O. The standard InChI is InChI=1S/C10H14N2O4/c1-3-5-11-6-7(9(14)15)8(13)12(4-2)10(11)16/h6H,3-5H2,1-2H3,(H,14,15). The largest absolute Gasteiger partial charge is 0.477 e. The smallest absolute Gasteiger partial charge is 0.342 e. The first-order valence-electron chi connectivity index (χ1n) is 5.10. The molecule has 0 radical (unpaired) electrons. The van der Waals surface area contributed by atoms with Crippen molar-refractivity contribution in [2.75, 3.05) is 0 Å². The Bertz CT molecular complexity index is 513. The molecule has 0 aliphatic heterocycles. The monoisotopic (exact) mass is 226 g/mol. The van der Waals surface area contributed by atoms with Crippen molar-refractivity contribution in [2.24, 2.45) is 0 Å². The van der Waals surface area contributed by atoms with Crippen LogP contribution in [0.1, 0.15) is 30.6 Å². The molecule has 0 atom stereocenters. The van der Waals surface area contributed by atoms with Crippen molar-refractivity contribution in [2.45, 2.75) is 33.4 Å². The first-order valence-corrected chi connectivity index (χ1v) is 5.10. The van der Waals surface area contributed by atoms with Crippen molar-refractivity contribution in [1.29, 1.82) is 0 Å². The Balaban J connectivity index is 3.57. The van der Waals surface area contributed by atoms with Gasteiger partial charge in [-0.15, -0.1) is 0 Å². The highest BCUT2D eigenvalue weighted by atomic mass is 16.4. The van der Waals surface area contributed by atoms with Gasteiger partial charge in [-0.3, -0.25) is 13.9 Å². The van der Waals surface area contributed by atoms with Crippen molar-refractivity contribution in [1.82, 2.24) is 9.13 Å². The van der Waals surface area contributed by atoms with Crippen molar-refractivity contribution >= 4 is 5.97 Å². The second kappa shape index (κ2) is 4.78. The molecule has 0 aliphatic carbocycles. The Hall–Kier alpha value is -1.85. The summed E-state index contributed by atoms with van der Waals surface area (Å²) in [6.07, 6.45) is 1.81. The molecule has 0 amide bonds. The van der Waals surface area contributed by atoms with E-state index in [-0.39, 0.29) is 12.1 Å². The predicted molar refractivity (Wildman–Crippen MR) is 57.9 cm³/mol. The van der Waals surface area contributed by atoms with Gasteiger partial charge in [0.2, 0.25) is 0 Å². The second-order valence-corrected chi connectivity index (χ2v) is 3.37. The lowest BCUT2D eigenvalue weighted by atomic mass is 10.3. The van der Waals surface area contributed by atoms with Gasteiger partial charge in [0.05, 0.1) is 0 Å². The third-order valence-corrected chi connectivity index (χ3v) is 2.25. The van der Waals surface area contributed by atoms with Crippen LogP contribution in [0, 0.1) is 0 Å². The van der Waals surface area contributed by atoms with E-state index in [1.807, 2.05) is 6.92 Å². The fourth-order valence-corrected chi connectivity index (χ4v) is 1.48. The maximum absolute atomic E-state index is 11.7. The van der Waals surface area contributed by atoms with Gasteiger partial charge in [0.15, 0.2) is 0 Å². The van der Waals surface area contributed by atoms with Gasteiger partial charge in [0, 0.05) is 19.3 Å². The van der Waals surface area contributed by atoms with Crippen LogP contribution in [-0.4, -0.2) is 20.2 Å². The van der Waals surface area contributed by atoms with Crippen LogP contribution in [0.5, 0.6) is 0 Å². The van der Waals surface area contributed by atoms with Crippen LogP contribution >= 0.6 is 0 Å². The van der Waals surface area contributed by atoms with E-state index in [2.05, 4.69) is 0 Å². The zero-order chi connectivity index (χ0) is 12.3. The van der Waals surface area contributed by atoms with E-state index in [9.17, 15) is 14.4 Å². The Kier molecular flexibility index (Phi) is 3.65. The number of carboxylic acids is 1. The fourth-order valence-electron chi connectivity index (χ4n) is 1.48. The molecule has 0 aromatic carbocycles. The van der Waals surface area contributed by atoms with Gasteiger partial charge in [-0.1, -0.05) is 6.92 Å². The summed E-state index contributed by atoms with van der Waals surface area (Å²) in [5, 5.41) is 8.84. The summed E-state index contributed by atoms with van der Waals surface area (Å²) in [5.74, 6) is -1.31. The van der Waals surface area contributed by atoms with Gasteiger partial charge in [-0.25, -0.2) is 9.59 Å². The minimum Gasteiger partial charge on any atom is -0.477 e. The van der Waals surface area contributed by atoms with Crippen molar-refractivity contribution < 1.29 is 9.90 Å². The number of hydrogen-bond acceptors (Lipinski definition) is 3. The minimum absolute atomic E-state index is 0.169. The summed E-state index contributed by atoms with van der Waals surface area (Å²) in [7, 11) is 0. The van der Waals surface area contributed by atoms with E-state index < -0.39 is 17.2 Å². The lowest BCUT2D eigenvalue weighted by Gasteiger charge is -2.08. The lowest BCUT2D eigenvalue weighted by molar-refractivity contribution is 0.0692. The molecule has 1 aromatic heterocycles. The summed E-state index contributed by atoms with van der Waals surface area (Å²) in [6.45, 7) is 4.07. The molecule has 0 aliphatic rings. The number of aromatic nitrogens is 2. The third kappa shape index (κ3) is 2.05. The Morgan fingerprint density at radius 1 is 1.38 bits per heavy atom. The van der Waals surface area contributed by atoms with E-state index in [4.69, 9.17) is 5.11 Å². The van der Waals surface area contributed by atoms with Crippen LogP contribution in [0.2, 0.25) is 0 Å². The highest BCUT2D eigenvalue weighted by Crippen LogP contribution is 1.92. The Labute approximate surface area is 91.8 Å². The quantitative estimate of drug-likeness (QED) is 0.791. The molecule has 0 fully saturated rings. The molecule has 6 heteroatoms. The maximum atomic E-state index is 11.7. The zero-order valence-corrected chi connectivity index (χ0v) is 9.27. The number of aromatic carboxylic acids is 1. The second-order valence-electron chi connectivity index (χ2n) is 3.37. The third-order valence-electron chi connectivity index (χ3n) is 2.25. The van der Waals surface area contributed by atoms with Crippen molar-refractivity contribution in [3.05, 3.63) is 32.6 Å². The highest BCUT2D eigenvalue weighted by Gasteiger charge is 2.14. The summed E-state index contributed by atoms with van der Waals surface area (Å²) in [5.41, 5.74) is -1.57. The molecule has 6 nitrogen and oxygen atoms in total. The molecule has 0 unspecified atom stereocenters. The van der Waals surface area contributed by atoms with Crippen LogP contribution in [0.25, 0.3) is 0 Å². The average Bonchev–Trinajstić information content (AvgIpc) is 2.22. The van der Waals surface area contributed by atoms with Crippen LogP contribution in [0.15, 0.2) is 15.8 Å². The molecule has 0 saturated carbocycles. The Morgan fingerprint density at radius 2 is 2.00 bits per heavy atom. The molecule has 88 valence electrons. The van der Waals surface area contributed by atoms with Crippen LogP contribution < -0.4 is 11.2 Å². The van der Waals surface area contributed by atoms with E-state index >= 15 is 0 Å². The number of carbonyl (C=O) groups is 1. The number of rotatable bonds is 4. The summed E-state index contributed by atoms with van der Waals surface area (Å²) in [6, 6.07) is 0. The minimum atomic E-state index is -1.31. The number of hydrogen-bond donors (Lipinski definition) is 1. The lowest BCUT2D eigenvalue weighted by Crippen LogP contribution is -2.41. The highest BCUT2D eigenvalue weighted by molar-refractivity contribution is 5.86. The van der Waals surface area contributed by atoms with Gasteiger partial charge in [0.1, 0.15) is 5.56 Å². The molecular weight excluding hydrogens is 212 g/mol. The van der Waals surface area contributed by atoms with Crippen LogP contribution in [0.3, 0.4) is 0 Å². The number of aryl methyl sites for hydroxylation is 1. The van der Waals surface area contributed by atoms with E-state index in [0.717, 1.165) is 10.8 Å². The zero-order valence-electron chi connectivity index (χ0n) is 9.27. The predicted octanol–water partition coefficient (Wildman–Crippen LogP) is 0.138. The van der Waals surface area contributed by atoms with E-state index in [1.54, 1.807) is 6.92 Å². The van der Waals surface area contributed by atoms with Crippen molar-refractivity contribution in [3.8, 4) is 0 Å². The van der Waals surface area contributed by atoms with Gasteiger partial charge in [0.25, 0.3) is 5.56 Å². The van der Waals surface area contributed by atoms with E-state index in [1.165, 1.54) is 4.57 Å². The summed E-state index contributed by atoms with van der Waals surface area (Å²) >= 11 is 0. The first kappa shape index (κ1) is 12.2. The first-order chi connectivity index (χ1) is 7.52. The van der Waals surface area contributed by atoms with Gasteiger partial charge < -0.3 is 5.11 Å². The molecule has 0 spiro atoms. The summed E-state index contributed by atoms with van der Waals surface area (Å²) < 4.78 is 2.19. The van der Waals surface area contributed by atoms with Gasteiger partial charge in [-0.05, 0) is 13.3 Å². The molecule has 0 saturated heterocycles. The molecule has 16 heavy (non-hydrogen) atoms. The van der Waals surface area contributed by atoms with Crippen LogP contribution in [-0.2, 0) is 13.1 Å². The topological polar surface area (TPSA) is 81.3 Å². The maximum Gasteiger partial charge on any atom is 0.342 e. The molecular formula is C10H14N2O4. The van der Waals surface area contributed by atoms with Gasteiger partial charge >= 0.3 is 11.7 Å². The van der Waals surface area contributed by atoms with Gasteiger partial charge in [-0.2, -0.15) is 0 Å². The Morgan fingerprint density at radius 3 is 2.44 bits per heavy atom. The van der Waals surface area contributed by atoms with Crippen LogP contribution in [0.4, 0.5) is 0 Å². The normalized spacial score (nSPS) is 10.4. The fraction of sp³-hybridized carbons (Fsp3) is 0.500. The molecule has 1 N–H and O–H groups in total. The average molecular weight is 226 g/mol. The number of carboxylic acid groups (broad SMARTS) is 1. The number of nitrogens with zero attached hydrogens (tertiary/aromatic N) is 2. The van der Waals surface area contributed by atoms with Crippen molar-refractivity contribution in [3.63, 3.8) is 0 Å². The molecule has 1 heterocycles. The molecule has 1 aromatic rings. The molecule has 0 bridgehead atoms. The summed E-state index contributed by atoms with van der Waals surface area (Å²) in [4.78, 5) is 34.1. The molecule has 1 rings (SSSR count). The van der Waals surface area contributed by atoms with E-state index in [0.29, 0.717) is 13.0 Å².